The SMILES string of the molecule is COC(=O)/C=C(/OC(CCl)CCl)C(=O)OC. The Bertz CT molecular complexity index is 273. The van der Waals surface area contributed by atoms with Crippen molar-refractivity contribution in [1.29, 1.82) is 0 Å². The number of halogens is 2. The van der Waals surface area contributed by atoms with E-state index >= 15 is 0 Å². The average molecular weight is 271 g/mol. The van der Waals surface area contributed by atoms with Gasteiger partial charge >= 0.3 is 11.9 Å². The lowest BCUT2D eigenvalue weighted by atomic mass is 10.4. The molecular weight excluding hydrogens is 259 g/mol. The van der Waals surface area contributed by atoms with Gasteiger partial charge in [0, 0.05) is 0 Å². The monoisotopic (exact) mass is 270 g/mol. The molecule has 0 aliphatic heterocycles. The number of esters is 2. The summed E-state index contributed by atoms with van der Waals surface area (Å²) in [4.78, 5) is 22.2. The predicted molar refractivity (Wildman–Crippen MR) is 58.4 cm³/mol. The molecule has 92 valence electrons. The van der Waals surface area contributed by atoms with Gasteiger partial charge in [0.25, 0.3) is 0 Å². The Kier molecular flexibility index (Phi) is 7.76. The number of carbonyl (C=O) groups is 2. The van der Waals surface area contributed by atoms with E-state index in [0.717, 1.165) is 13.2 Å². The summed E-state index contributed by atoms with van der Waals surface area (Å²) in [6.45, 7) is 0. The molecule has 0 N–H and O–H groups in total. The summed E-state index contributed by atoms with van der Waals surface area (Å²) < 4.78 is 13.9. The number of rotatable bonds is 6. The van der Waals surface area contributed by atoms with Crippen LogP contribution in [0.25, 0.3) is 0 Å². The van der Waals surface area contributed by atoms with E-state index in [2.05, 4.69) is 9.47 Å². The van der Waals surface area contributed by atoms with Gasteiger partial charge in [-0.2, -0.15) is 0 Å². The maximum atomic E-state index is 11.2. The minimum absolute atomic E-state index is 0.0823. The topological polar surface area (TPSA) is 61.8 Å². The third kappa shape index (κ3) is 5.23. The predicted octanol–water partition coefficient (Wildman–Crippen LogP) is 1.08. The van der Waals surface area contributed by atoms with Crippen LogP contribution in [0, 0.1) is 0 Å². The van der Waals surface area contributed by atoms with Gasteiger partial charge in [-0.25, -0.2) is 9.59 Å². The number of carbonyl (C=O) groups excluding carboxylic acids is 2. The van der Waals surface area contributed by atoms with Crippen molar-refractivity contribution in [2.75, 3.05) is 26.0 Å². The highest BCUT2D eigenvalue weighted by atomic mass is 35.5. The Labute approximate surface area is 103 Å². The Morgan fingerprint density at radius 2 is 1.75 bits per heavy atom. The molecule has 0 aliphatic rings. The fourth-order valence-electron chi connectivity index (χ4n) is 0.691. The van der Waals surface area contributed by atoms with Crippen LogP contribution in [0.1, 0.15) is 0 Å². The van der Waals surface area contributed by atoms with Crippen molar-refractivity contribution >= 4 is 35.1 Å². The molecule has 0 amide bonds. The van der Waals surface area contributed by atoms with Crippen LogP contribution < -0.4 is 0 Å². The number of hydrogen-bond donors (Lipinski definition) is 0. The van der Waals surface area contributed by atoms with Crippen LogP contribution in [0.15, 0.2) is 11.8 Å². The summed E-state index contributed by atoms with van der Waals surface area (Å²) in [6, 6.07) is 0. The molecule has 0 aromatic carbocycles. The van der Waals surface area contributed by atoms with Gasteiger partial charge in [-0.1, -0.05) is 0 Å². The molecule has 0 unspecified atom stereocenters. The van der Waals surface area contributed by atoms with Crippen LogP contribution in [-0.2, 0) is 23.8 Å². The first-order valence-electron chi connectivity index (χ1n) is 4.25. The molecule has 7 heteroatoms. The van der Waals surface area contributed by atoms with E-state index in [9.17, 15) is 9.59 Å². The highest BCUT2D eigenvalue weighted by Crippen LogP contribution is 2.08. The van der Waals surface area contributed by atoms with E-state index in [1.807, 2.05) is 0 Å². The molecule has 0 saturated carbocycles. The molecule has 0 aromatic heterocycles. The van der Waals surface area contributed by atoms with Crippen molar-refractivity contribution < 1.29 is 23.8 Å². The second kappa shape index (κ2) is 8.24. The van der Waals surface area contributed by atoms with E-state index in [-0.39, 0.29) is 17.5 Å². The van der Waals surface area contributed by atoms with E-state index in [1.165, 1.54) is 7.11 Å². The Balaban J connectivity index is 4.74. The minimum atomic E-state index is -0.800. The lowest BCUT2D eigenvalue weighted by Gasteiger charge is -2.14. The van der Waals surface area contributed by atoms with E-state index in [0.29, 0.717) is 0 Å². The molecule has 0 aromatic rings. The van der Waals surface area contributed by atoms with Gasteiger partial charge < -0.3 is 14.2 Å². The lowest BCUT2D eigenvalue weighted by Crippen LogP contribution is -2.21. The first kappa shape index (κ1) is 15.1. The maximum absolute atomic E-state index is 11.2. The van der Waals surface area contributed by atoms with E-state index in [1.54, 1.807) is 0 Å². The number of methoxy groups -OCH3 is 2. The van der Waals surface area contributed by atoms with E-state index in [4.69, 9.17) is 27.9 Å². The van der Waals surface area contributed by atoms with Gasteiger partial charge in [-0.3, -0.25) is 0 Å². The average Bonchev–Trinajstić information content (AvgIpc) is 2.32. The van der Waals surface area contributed by atoms with Crippen molar-refractivity contribution in [1.82, 2.24) is 0 Å². The zero-order valence-electron chi connectivity index (χ0n) is 8.87. The van der Waals surface area contributed by atoms with Gasteiger partial charge in [-0.05, 0) is 0 Å². The van der Waals surface area contributed by atoms with E-state index < -0.39 is 18.0 Å². The van der Waals surface area contributed by atoms with Gasteiger partial charge in [0.1, 0.15) is 6.10 Å². The summed E-state index contributed by atoms with van der Waals surface area (Å²) >= 11 is 11.1. The normalized spacial score (nSPS) is 11.2. The van der Waals surface area contributed by atoms with Gasteiger partial charge in [0.05, 0.1) is 32.1 Å². The molecule has 0 atom stereocenters. The molecule has 0 saturated heterocycles. The largest absolute Gasteiger partial charge is 0.481 e. The first-order valence-corrected chi connectivity index (χ1v) is 5.32. The van der Waals surface area contributed by atoms with Crippen molar-refractivity contribution in [3.63, 3.8) is 0 Å². The zero-order chi connectivity index (χ0) is 12.6. The van der Waals surface area contributed by atoms with Crippen LogP contribution in [0.4, 0.5) is 0 Å². The molecule has 0 fully saturated rings. The standard InChI is InChI=1S/C9H12Cl2O5/c1-14-8(12)3-7(9(13)15-2)16-6(4-10)5-11/h3,6H,4-5H2,1-2H3/b7-3+. The smallest absolute Gasteiger partial charge is 0.373 e. The maximum Gasteiger partial charge on any atom is 0.373 e. The van der Waals surface area contributed by atoms with Gasteiger partial charge in [0.15, 0.2) is 0 Å². The molecule has 0 spiro atoms. The highest BCUT2D eigenvalue weighted by Gasteiger charge is 2.18. The molecule has 0 aliphatic carbocycles. The quantitative estimate of drug-likeness (QED) is 0.313. The third-order valence-corrected chi connectivity index (χ3v) is 2.16. The molecule has 0 radical (unpaired) electrons. The minimum Gasteiger partial charge on any atom is -0.481 e. The van der Waals surface area contributed by atoms with Crippen LogP contribution in [0.5, 0.6) is 0 Å². The molecule has 0 rings (SSSR count). The molecular formula is C9H12Cl2O5. The van der Waals surface area contributed by atoms with Crippen LogP contribution in [0.3, 0.4) is 0 Å². The fourth-order valence-corrected chi connectivity index (χ4v) is 1.15. The lowest BCUT2D eigenvalue weighted by molar-refractivity contribution is -0.142. The molecule has 5 nitrogen and oxygen atoms in total. The van der Waals surface area contributed by atoms with Crippen LogP contribution in [-0.4, -0.2) is 44.0 Å². The van der Waals surface area contributed by atoms with Crippen molar-refractivity contribution in [2.45, 2.75) is 6.10 Å². The molecule has 0 bridgehead atoms. The summed E-state index contributed by atoms with van der Waals surface area (Å²) in [5, 5.41) is 0. The second-order valence-electron chi connectivity index (χ2n) is 2.57. The zero-order valence-corrected chi connectivity index (χ0v) is 10.4. The first-order chi connectivity index (χ1) is 7.58. The van der Waals surface area contributed by atoms with Crippen molar-refractivity contribution in [2.24, 2.45) is 0 Å². The van der Waals surface area contributed by atoms with Crippen molar-refractivity contribution in [3.05, 3.63) is 11.8 Å². The number of ether oxygens (including phenoxy) is 3. The Morgan fingerprint density at radius 3 is 2.12 bits per heavy atom. The van der Waals surface area contributed by atoms with Crippen molar-refractivity contribution in [3.8, 4) is 0 Å². The van der Waals surface area contributed by atoms with Crippen LogP contribution in [0.2, 0.25) is 0 Å². The summed E-state index contributed by atoms with van der Waals surface area (Å²) in [5.74, 6) is -1.66. The Hall–Kier alpha value is -0.940. The van der Waals surface area contributed by atoms with Gasteiger partial charge in [-0.15, -0.1) is 23.2 Å². The summed E-state index contributed by atoms with van der Waals surface area (Å²) in [5.41, 5.74) is 0. The molecule has 0 heterocycles. The number of hydrogen-bond acceptors (Lipinski definition) is 5. The summed E-state index contributed by atoms with van der Waals surface area (Å²) in [6.07, 6.45) is 0.288. The number of alkyl halides is 2. The van der Waals surface area contributed by atoms with Gasteiger partial charge in [0.2, 0.25) is 5.76 Å². The molecule has 16 heavy (non-hydrogen) atoms. The highest BCUT2D eigenvalue weighted by molar-refractivity contribution is 6.21. The van der Waals surface area contributed by atoms with Crippen LogP contribution >= 0.6 is 23.2 Å². The second-order valence-corrected chi connectivity index (χ2v) is 3.19. The third-order valence-electron chi connectivity index (χ3n) is 1.47. The summed E-state index contributed by atoms with van der Waals surface area (Å²) in [7, 11) is 2.33. The fraction of sp³-hybridized carbons (Fsp3) is 0.556. The Morgan fingerprint density at radius 1 is 1.19 bits per heavy atom.